The zero-order chi connectivity index (χ0) is 12.5. The average Bonchev–Trinajstić information content (AvgIpc) is 2.71. The van der Waals surface area contributed by atoms with Crippen molar-refractivity contribution in [3.8, 4) is 0 Å². The molecule has 1 rings (SSSR count). The van der Waals surface area contributed by atoms with Crippen LogP contribution in [0.25, 0.3) is 0 Å². The highest BCUT2D eigenvalue weighted by atomic mass is 32.2. The number of hydrogen-bond acceptors (Lipinski definition) is 4. The predicted molar refractivity (Wildman–Crippen MR) is 73.3 cm³/mol. The third kappa shape index (κ3) is 6.07. The molecule has 17 heavy (non-hydrogen) atoms. The molecule has 0 bridgehead atoms. The van der Waals surface area contributed by atoms with Crippen molar-refractivity contribution in [3.05, 3.63) is 6.33 Å². The topological polar surface area (TPSA) is 42.7 Å². The highest BCUT2D eigenvalue weighted by molar-refractivity contribution is 7.99. The number of aryl methyl sites for hydroxylation is 1. The lowest BCUT2D eigenvalue weighted by Crippen LogP contribution is -2.28. The van der Waals surface area contributed by atoms with E-state index in [1.165, 1.54) is 25.7 Å². The molecule has 1 heterocycles. The summed E-state index contributed by atoms with van der Waals surface area (Å²) >= 11 is 1.75. The van der Waals surface area contributed by atoms with Gasteiger partial charge in [0.15, 0.2) is 5.16 Å². The Labute approximate surface area is 109 Å². The molecule has 0 aliphatic heterocycles. The molecule has 0 saturated carbocycles. The molecule has 0 spiro atoms. The van der Waals surface area contributed by atoms with Crippen LogP contribution in [0.15, 0.2) is 11.5 Å². The summed E-state index contributed by atoms with van der Waals surface area (Å²) in [4.78, 5) is 0. The third-order valence-electron chi connectivity index (χ3n) is 2.74. The van der Waals surface area contributed by atoms with Crippen LogP contribution in [0.2, 0.25) is 0 Å². The summed E-state index contributed by atoms with van der Waals surface area (Å²) in [6.45, 7) is 5.54. The molecule has 1 aromatic rings. The molecule has 0 saturated heterocycles. The van der Waals surface area contributed by atoms with E-state index >= 15 is 0 Å². The van der Waals surface area contributed by atoms with Crippen LogP contribution in [-0.2, 0) is 7.05 Å². The Morgan fingerprint density at radius 3 is 2.94 bits per heavy atom. The average molecular weight is 256 g/mol. The van der Waals surface area contributed by atoms with Crippen LogP contribution in [-0.4, -0.2) is 33.1 Å². The number of aromatic nitrogens is 3. The van der Waals surface area contributed by atoms with Crippen molar-refractivity contribution >= 4 is 11.8 Å². The first-order chi connectivity index (χ1) is 8.24. The van der Waals surface area contributed by atoms with Crippen LogP contribution in [0.4, 0.5) is 0 Å². The second-order valence-electron chi connectivity index (χ2n) is 4.42. The lowest BCUT2D eigenvalue weighted by Gasteiger charge is -2.12. The van der Waals surface area contributed by atoms with E-state index < -0.39 is 0 Å². The monoisotopic (exact) mass is 256 g/mol. The largest absolute Gasteiger partial charge is 0.313 e. The Kier molecular flexibility index (Phi) is 7.28. The van der Waals surface area contributed by atoms with E-state index in [1.807, 2.05) is 11.6 Å². The molecule has 1 N–H and O–H groups in total. The Bertz CT molecular complexity index is 300. The first-order valence-corrected chi connectivity index (χ1v) is 7.42. The van der Waals surface area contributed by atoms with E-state index in [9.17, 15) is 0 Å². The van der Waals surface area contributed by atoms with Crippen molar-refractivity contribution < 1.29 is 0 Å². The molecule has 5 heteroatoms. The highest BCUT2D eigenvalue weighted by Crippen LogP contribution is 2.12. The maximum Gasteiger partial charge on any atom is 0.190 e. The minimum atomic E-state index is 0.627. The van der Waals surface area contributed by atoms with Gasteiger partial charge in [-0.25, -0.2) is 0 Å². The summed E-state index contributed by atoms with van der Waals surface area (Å²) in [5, 5.41) is 12.4. The molecule has 98 valence electrons. The molecule has 4 nitrogen and oxygen atoms in total. The number of nitrogens with zero attached hydrogens (tertiary/aromatic N) is 3. The van der Waals surface area contributed by atoms with E-state index in [1.54, 1.807) is 18.1 Å². The molecular weight excluding hydrogens is 232 g/mol. The van der Waals surface area contributed by atoms with Gasteiger partial charge < -0.3 is 9.88 Å². The van der Waals surface area contributed by atoms with Crippen LogP contribution in [0.3, 0.4) is 0 Å². The summed E-state index contributed by atoms with van der Waals surface area (Å²) in [6, 6.07) is 0.627. The quantitative estimate of drug-likeness (QED) is 0.544. The molecule has 1 aromatic heterocycles. The van der Waals surface area contributed by atoms with Crippen LogP contribution < -0.4 is 5.32 Å². The second-order valence-corrected chi connectivity index (χ2v) is 5.49. The van der Waals surface area contributed by atoms with Gasteiger partial charge in [0.25, 0.3) is 0 Å². The first kappa shape index (κ1) is 14.5. The molecule has 1 atom stereocenters. The molecule has 0 fully saturated rings. The van der Waals surface area contributed by atoms with Gasteiger partial charge in [-0.15, -0.1) is 10.2 Å². The predicted octanol–water partition coefficient (Wildman–Crippen LogP) is 2.47. The Balaban J connectivity index is 2.02. The molecule has 0 radical (unpaired) electrons. The van der Waals surface area contributed by atoms with Gasteiger partial charge in [0.1, 0.15) is 6.33 Å². The first-order valence-electron chi connectivity index (χ1n) is 6.44. The van der Waals surface area contributed by atoms with Crippen molar-refractivity contribution in [3.63, 3.8) is 0 Å². The summed E-state index contributed by atoms with van der Waals surface area (Å²) in [5.74, 6) is 1.05. The van der Waals surface area contributed by atoms with E-state index in [0.29, 0.717) is 6.04 Å². The van der Waals surface area contributed by atoms with Gasteiger partial charge in [0, 0.05) is 25.4 Å². The standard InChI is InChI=1S/C12H24N4S/c1-4-5-6-7-11(2)13-8-9-17-12-15-14-10-16(12)3/h10-11,13H,4-9H2,1-3H3. The van der Waals surface area contributed by atoms with Crippen molar-refractivity contribution in [2.75, 3.05) is 12.3 Å². The number of thioether (sulfide) groups is 1. The number of nitrogens with one attached hydrogen (secondary N) is 1. The van der Waals surface area contributed by atoms with Crippen molar-refractivity contribution in [1.82, 2.24) is 20.1 Å². The zero-order valence-electron chi connectivity index (χ0n) is 11.1. The van der Waals surface area contributed by atoms with E-state index in [2.05, 4.69) is 29.4 Å². The summed E-state index contributed by atoms with van der Waals surface area (Å²) in [6.07, 6.45) is 7.00. The number of unbranched alkanes of at least 4 members (excludes halogenated alkanes) is 2. The SMILES string of the molecule is CCCCCC(C)NCCSc1nncn1C. The number of hydrogen-bond donors (Lipinski definition) is 1. The van der Waals surface area contributed by atoms with Gasteiger partial charge in [-0.05, 0) is 13.3 Å². The van der Waals surface area contributed by atoms with Gasteiger partial charge in [0.05, 0.1) is 0 Å². The second kappa shape index (κ2) is 8.53. The minimum absolute atomic E-state index is 0.627. The van der Waals surface area contributed by atoms with Gasteiger partial charge in [-0.2, -0.15) is 0 Å². The van der Waals surface area contributed by atoms with Gasteiger partial charge >= 0.3 is 0 Å². The number of rotatable bonds is 9. The fourth-order valence-electron chi connectivity index (χ4n) is 1.65. The van der Waals surface area contributed by atoms with Gasteiger partial charge in [-0.3, -0.25) is 0 Å². The Hall–Kier alpha value is -0.550. The highest BCUT2D eigenvalue weighted by Gasteiger charge is 2.03. The normalized spacial score (nSPS) is 12.9. The van der Waals surface area contributed by atoms with Crippen molar-refractivity contribution in [2.24, 2.45) is 7.05 Å². The van der Waals surface area contributed by atoms with Crippen LogP contribution in [0.5, 0.6) is 0 Å². The van der Waals surface area contributed by atoms with Crippen molar-refractivity contribution in [1.29, 1.82) is 0 Å². The summed E-state index contributed by atoms with van der Waals surface area (Å²) in [5.41, 5.74) is 0. The minimum Gasteiger partial charge on any atom is -0.313 e. The van der Waals surface area contributed by atoms with E-state index in [4.69, 9.17) is 0 Å². The van der Waals surface area contributed by atoms with Gasteiger partial charge in [-0.1, -0.05) is 37.9 Å². The van der Waals surface area contributed by atoms with Crippen LogP contribution in [0.1, 0.15) is 39.5 Å². The zero-order valence-corrected chi connectivity index (χ0v) is 12.0. The molecule has 1 unspecified atom stereocenters. The fourth-order valence-corrected chi connectivity index (χ4v) is 2.41. The molecule has 0 amide bonds. The molecule has 0 aliphatic carbocycles. The van der Waals surface area contributed by atoms with Gasteiger partial charge in [0.2, 0.25) is 0 Å². The van der Waals surface area contributed by atoms with E-state index in [-0.39, 0.29) is 0 Å². The molecule has 0 aromatic carbocycles. The Morgan fingerprint density at radius 1 is 1.47 bits per heavy atom. The summed E-state index contributed by atoms with van der Waals surface area (Å²) in [7, 11) is 1.98. The lowest BCUT2D eigenvalue weighted by atomic mass is 10.1. The van der Waals surface area contributed by atoms with Crippen LogP contribution in [0, 0.1) is 0 Å². The Morgan fingerprint density at radius 2 is 2.29 bits per heavy atom. The maximum absolute atomic E-state index is 4.04. The third-order valence-corrected chi connectivity index (χ3v) is 3.77. The lowest BCUT2D eigenvalue weighted by molar-refractivity contribution is 0.502. The summed E-state index contributed by atoms with van der Waals surface area (Å²) < 4.78 is 1.95. The van der Waals surface area contributed by atoms with Crippen molar-refractivity contribution in [2.45, 2.75) is 50.7 Å². The fraction of sp³-hybridized carbons (Fsp3) is 0.833. The van der Waals surface area contributed by atoms with Crippen LogP contribution >= 0.6 is 11.8 Å². The molecule has 0 aliphatic rings. The maximum atomic E-state index is 4.04. The van der Waals surface area contributed by atoms with E-state index in [0.717, 1.165) is 17.5 Å². The smallest absolute Gasteiger partial charge is 0.190 e. The molecular formula is C12H24N4S.